The summed E-state index contributed by atoms with van der Waals surface area (Å²) < 4.78 is 23.2. The molecule has 3 aliphatic heterocycles. The first-order valence-electron chi connectivity index (χ1n) is 26.1. The number of aromatic nitrogens is 2. The van der Waals surface area contributed by atoms with Crippen molar-refractivity contribution in [1.29, 1.82) is 0 Å². The van der Waals surface area contributed by atoms with E-state index in [1.807, 2.05) is 0 Å². The van der Waals surface area contributed by atoms with Crippen molar-refractivity contribution in [2.45, 2.75) is 129 Å². The van der Waals surface area contributed by atoms with Gasteiger partial charge in [0.1, 0.15) is 24.3 Å². The van der Waals surface area contributed by atoms with E-state index in [1.54, 1.807) is 67.8 Å². The second-order valence-corrected chi connectivity index (χ2v) is 19.9. The third kappa shape index (κ3) is 12.5. The molecule has 414 valence electrons. The van der Waals surface area contributed by atoms with Crippen molar-refractivity contribution < 1.29 is 67.2 Å². The zero-order chi connectivity index (χ0) is 55.8. The number of carbonyl (C=O) groups is 9. The maximum Gasteiger partial charge on any atom is 0.509 e. The topological polar surface area (TPSA) is 335 Å². The van der Waals surface area contributed by atoms with E-state index in [9.17, 15) is 53.1 Å². The van der Waals surface area contributed by atoms with E-state index >= 15 is 0 Å². The van der Waals surface area contributed by atoms with Crippen LogP contribution in [0.5, 0.6) is 11.5 Å². The molecule has 2 aromatic heterocycles. The molecule has 78 heavy (non-hydrogen) atoms. The molecule has 2 aromatic carbocycles. The maximum absolute atomic E-state index is 14.0. The summed E-state index contributed by atoms with van der Waals surface area (Å²) in [6.45, 7) is 4.67. The number of nitrogens with zero attached hydrogens (tertiary/aromatic N) is 3. The average molecular weight is 1080 g/mol. The monoisotopic (exact) mass is 1080 g/mol. The van der Waals surface area contributed by atoms with E-state index < -0.39 is 54.2 Å². The molecule has 4 aromatic rings. The van der Waals surface area contributed by atoms with Crippen molar-refractivity contribution in [3.63, 3.8) is 0 Å². The molecule has 4 aliphatic rings. The van der Waals surface area contributed by atoms with Crippen LogP contribution >= 0.6 is 0 Å². The highest BCUT2D eigenvalue weighted by atomic mass is 16.7. The zero-order valence-corrected chi connectivity index (χ0v) is 43.6. The molecule has 5 heterocycles. The number of anilines is 1. The lowest BCUT2D eigenvalue weighted by Crippen LogP contribution is -2.54. The van der Waals surface area contributed by atoms with Crippen molar-refractivity contribution in [1.82, 2.24) is 35.7 Å². The van der Waals surface area contributed by atoms with Gasteiger partial charge in [-0.05, 0) is 79.8 Å². The minimum absolute atomic E-state index is 0.000953. The summed E-state index contributed by atoms with van der Waals surface area (Å²) in [5.74, 6) is -2.41. The fourth-order valence-corrected chi connectivity index (χ4v) is 10.0. The second kappa shape index (κ2) is 24.3. The number of amides is 8. The number of rotatable bonds is 23. The Morgan fingerprint density at radius 3 is 2.27 bits per heavy atom. The highest BCUT2D eigenvalue weighted by Crippen LogP contribution is 2.43. The van der Waals surface area contributed by atoms with Crippen LogP contribution in [-0.2, 0) is 74.8 Å². The van der Waals surface area contributed by atoms with Gasteiger partial charge in [-0.3, -0.25) is 43.3 Å². The van der Waals surface area contributed by atoms with Gasteiger partial charge in [-0.25, -0.2) is 14.6 Å². The molecule has 1 fully saturated rings. The van der Waals surface area contributed by atoms with Crippen molar-refractivity contribution in [2.75, 3.05) is 31.8 Å². The molecular weight excluding hydrogens is 1010 g/mol. The minimum atomic E-state index is -1.81. The Labute approximate surface area is 447 Å². The molecule has 1 aliphatic carbocycles. The Morgan fingerprint density at radius 2 is 1.56 bits per heavy atom. The van der Waals surface area contributed by atoms with Crippen molar-refractivity contribution in [2.24, 2.45) is 11.7 Å². The van der Waals surface area contributed by atoms with Crippen LogP contribution in [0.3, 0.4) is 0 Å². The molecule has 24 nitrogen and oxygen atoms in total. The van der Waals surface area contributed by atoms with Crippen LogP contribution < -0.4 is 47.4 Å². The Hall–Kier alpha value is -8.41. The molecular formula is C54H63N9O15. The Balaban J connectivity index is 0.832. The number of nitrogens with one attached hydrogen (secondary N) is 5. The van der Waals surface area contributed by atoms with E-state index in [-0.39, 0.29) is 125 Å². The van der Waals surface area contributed by atoms with Crippen LogP contribution in [0, 0.1) is 5.92 Å². The summed E-state index contributed by atoms with van der Waals surface area (Å²) >= 11 is 0. The lowest BCUT2D eigenvalue weighted by molar-refractivity contribution is -0.140. The van der Waals surface area contributed by atoms with E-state index in [0.29, 0.717) is 87.5 Å². The van der Waals surface area contributed by atoms with Crippen LogP contribution in [0.15, 0.2) is 47.3 Å². The molecule has 8 N–H and O–H groups in total. The van der Waals surface area contributed by atoms with Gasteiger partial charge in [0.05, 0.1) is 23.4 Å². The van der Waals surface area contributed by atoms with Crippen LogP contribution in [0.2, 0.25) is 0 Å². The first kappa shape index (κ1) is 55.8. The number of Topliss-reactive ketones (excluding diaryl/α,β-unsaturated/α-hetero) is 1. The van der Waals surface area contributed by atoms with Crippen LogP contribution in [0.25, 0.3) is 22.3 Å². The number of pyridine rings is 2. The smallest absolute Gasteiger partial charge is 0.454 e. The molecule has 0 unspecified atom stereocenters. The number of imide groups is 1. The summed E-state index contributed by atoms with van der Waals surface area (Å²) in [5.41, 5.74) is 7.10. The second-order valence-electron chi connectivity index (χ2n) is 19.9. The summed E-state index contributed by atoms with van der Waals surface area (Å²) in [6.07, 6.45) is 1.68. The van der Waals surface area contributed by atoms with E-state index in [2.05, 4.69) is 26.6 Å². The van der Waals surface area contributed by atoms with Crippen LogP contribution in [-0.4, -0.2) is 112 Å². The number of ketones is 1. The van der Waals surface area contributed by atoms with Gasteiger partial charge >= 0.3 is 12.2 Å². The summed E-state index contributed by atoms with van der Waals surface area (Å²) in [5, 5.41) is 25.6. The minimum Gasteiger partial charge on any atom is -0.454 e. The number of primary amides is 1. The number of ether oxygens (including phenoxy) is 4. The quantitative estimate of drug-likeness (QED) is 0.0281. The third-order valence-electron chi connectivity index (χ3n) is 14.3. The fourth-order valence-electron chi connectivity index (χ4n) is 10.0. The number of hydrogen-bond donors (Lipinski definition) is 7. The Kier molecular flexibility index (Phi) is 17.4. The SMILES string of the molecule is CC[C@@]1(O)C(=O)CCc2c1cc1n(c2=O)Cc2c-1nc1cc3c(cc1c2CNC(=O)COC(=O)OCc1ccc(NC(=O)[C@H](CCCNC(N)=O)NC(=O)[C@@H](NC(=O)CCCCCN2C(=O)CCC2=O)C(C)C)cc1)OCO3. The largest absolute Gasteiger partial charge is 0.509 e. The lowest BCUT2D eigenvalue weighted by Gasteiger charge is -2.32. The van der Waals surface area contributed by atoms with Gasteiger partial charge in [0.2, 0.25) is 36.3 Å². The van der Waals surface area contributed by atoms with Gasteiger partial charge < -0.3 is 60.9 Å². The van der Waals surface area contributed by atoms with Gasteiger partial charge in [-0.15, -0.1) is 0 Å². The predicted octanol–water partition coefficient (Wildman–Crippen LogP) is 2.96. The fraction of sp³-hybridized carbons (Fsp3) is 0.463. The molecule has 1 saturated heterocycles. The first-order valence-corrected chi connectivity index (χ1v) is 26.1. The van der Waals surface area contributed by atoms with Gasteiger partial charge in [0, 0.05) is 79.1 Å². The standard InChI is InChI=1S/C54H63N9O15/c1-4-54(74)36-22-39-48-35(25-63(39)51(71)32(36)15-16-42(54)64)34(33-21-40-41(78-28-77-40)23-38(33)59-48)24-57-44(66)27-76-53(73)75-26-30-11-13-31(14-12-30)58-49(69)37(9-8-19-56-52(55)72)60-50(70)47(29(2)3)61-43(65)10-6-5-7-20-62-45(67)17-18-46(62)68/h11-14,21-23,29,37,47,74H,4-10,15-20,24-28H2,1-3H3,(H,57,66)(H,58,69)(H,60,70)(H,61,65)(H3,55,56,72)/t37-,47-,54-/m0/s1. The predicted molar refractivity (Wildman–Crippen MR) is 277 cm³/mol. The highest BCUT2D eigenvalue weighted by molar-refractivity contribution is 6.02. The zero-order valence-electron chi connectivity index (χ0n) is 43.6. The maximum atomic E-state index is 14.0. The molecule has 24 heteroatoms. The lowest BCUT2D eigenvalue weighted by atomic mass is 9.77. The molecule has 3 atom stereocenters. The van der Waals surface area contributed by atoms with Crippen molar-refractivity contribution in [3.8, 4) is 22.9 Å². The molecule has 8 amide bonds. The molecule has 8 rings (SSSR count). The number of aliphatic hydroxyl groups is 1. The average Bonchev–Trinajstić information content (AvgIpc) is 4.19. The van der Waals surface area contributed by atoms with Gasteiger partial charge in [0.15, 0.2) is 23.9 Å². The number of likely N-dealkylation sites (tertiary alicyclic amines) is 1. The van der Waals surface area contributed by atoms with Gasteiger partial charge in [-0.1, -0.05) is 39.3 Å². The van der Waals surface area contributed by atoms with Gasteiger partial charge in [-0.2, -0.15) is 0 Å². The van der Waals surface area contributed by atoms with E-state index in [1.165, 1.54) is 4.90 Å². The van der Waals surface area contributed by atoms with Crippen LogP contribution in [0.1, 0.15) is 113 Å². The Bertz CT molecular complexity index is 3110. The summed E-state index contributed by atoms with van der Waals surface area (Å²) in [4.78, 5) is 134. The molecule has 0 bridgehead atoms. The van der Waals surface area contributed by atoms with E-state index in [0.717, 1.165) is 0 Å². The number of urea groups is 1. The number of nitrogens with two attached hydrogens (primary N) is 1. The summed E-state index contributed by atoms with van der Waals surface area (Å²) in [7, 11) is 0. The van der Waals surface area contributed by atoms with Crippen LogP contribution in [0.4, 0.5) is 15.3 Å². The van der Waals surface area contributed by atoms with Crippen molar-refractivity contribution >= 4 is 70.0 Å². The number of fused-ring (bicyclic) bond motifs is 6. The molecule has 0 radical (unpaired) electrons. The highest BCUT2D eigenvalue weighted by Gasteiger charge is 2.43. The third-order valence-corrected chi connectivity index (χ3v) is 14.3. The normalized spacial score (nSPS) is 16.7. The van der Waals surface area contributed by atoms with Gasteiger partial charge in [0.25, 0.3) is 11.5 Å². The van der Waals surface area contributed by atoms with E-state index in [4.69, 9.17) is 29.7 Å². The first-order chi connectivity index (χ1) is 37.3. The number of carbonyl (C=O) groups excluding carboxylic acids is 9. The van der Waals surface area contributed by atoms with Crippen molar-refractivity contribution in [3.05, 3.63) is 80.6 Å². The number of benzene rings is 2. The summed E-state index contributed by atoms with van der Waals surface area (Å²) in [6, 6.07) is 8.50. The molecule has 0 saturated carbocycles. The number of unbranched alkanes of at least 4 members (excludes halogenated alkanes) is 2. The Morgan fingerprint density at radius 1 is 0.833 bits per heavy atom. The number of hydrogen-bond acceptors (Lipinski definition) is 16. The molecule has 0 spiro atoms.